The second-order valence-electron chi connectivity index (χ2n) is 30.3. The van der Waals surface area contributed by atoms with Gasteiger partial charge < -0.3 is 67.7 Å². The number of aromatic nitrogens is 2. The van der Waals surface area contributed by atoms with E-state index in [1.807, 2.05) is 33.8 Å². The second kappa shape index (κ2) is 48.8. The maximum Gasteiger partial charge on any atom is 0.259 e. The first-order valence-corrected chi connectivity index (χ1v) is 51.7. The Kier molecular flexibility index (Phi) is 38.8. The van der Waals surface area contributed by atoms with Crippen molar-refractivity contribution in [3.05, 3.63) is 307 Å². The van der Waals surface area contributed by atoms with Crippen LogP contribution in [0.15, 0.2) is 247 Å². The number of hydrogen-bond donors (Lipinski definition) is 12. The molecule has 44 heteroatoms. The zero-order chi connectivity index (χ0) is 103. The Morgan fingerprint density at radius 2 is 0.640 bits per heavy atom. The second-order valence-corrected chi connectivity index (χ2v) is 43.4. The van der Waals surface area contributed by atoms with E-state index in [0.717, 1.165) is 58.8 Å². The van der Waals surface area contributed by atoms with Gasteiger partial charge in [-0.15, -0.1) is 0 Å². The summed E-state index contributed by atoms with van der Waals surface area (Å²) in [4.78, 5) is 110. The maximum atomic E-state index is 13.0. The predicted octanol–water partition coefficient (Wildman–Crippen LogP) is 21.5. The highest BCUT2D eigenvalue weighted by Crippen LogP contribution is 2.42. The molecule has 0 aliphatic heterocycles. The third kappa shape index (κ3) is 28.0. The lowest BCUT2D eigenvalue weighted by Gasteiger charge is -2.17. The Balaban J connectivity index is 0.000000207. The molecule has 2 aromatic heterocycles. The number of carbonyl (C=O) groups excluding carboxylic acids is 8. The largest absolute Gasteiger partial charge is 0.506 e. The molecule has 8 amide bonds. The Morgan fingerprint density at radius 3 is 1.00 bits per heavy atom. The number of pyridine rings is 2. The van der Waals surface area contributed by atoms with Crippen LogP contribution in [0.1, 0.15) is 117 Å². The van der Waals surface area contributed by atoms with Gasteiger partial charge in [-0.05, 0) is 212 Å². The van der Waals surface area contributed by atoms with Gasteiger partial charge in [0.1, 0.15) is 49.7 Å². The van der Waals surface area contributed by atoms with Crippen LogP contribution >= 0.6 is 113 Å². The lowest BCUT2D eigenvalue weighted by atomic mass is 10.1. The minimum absolute atomic E-state index is 0.000541. The van der Waals surface area contributed by atoms with Crippen molar-refractivity contribution in [3.8, 4) is 28.7 Å². The summed E-state index contributed by atoms with van der Waals surface area (Å²) in [6.07, 6.45) is 3.71. The monoisotopic (exact) mass is 2230 g/mol. The smallest absolute Gasteiger partial charge is 0.259 e. The maximum absolute atomic E-state index is 13.0. The summed E-state index contributed by atoms with van der Waals surface area (Å²) in [6.45, 7) is 13.6. The van der Waals surface area contributed by atoms with Crippen molar-refractivity contribution in [1.29, 1.82) is 0 Å². The van der Waals surface area contributed by atoms with E-state index in [1.165, 1.54) is 93.2 Å². The summed E-state index contributed by atoms with van der Waals surface area (Å²) < 4.78 is 110. The molecule has 2 heterocycles. The average molecular weight is 2240 g/mol. The van der Waals surface area contributed by atoms with Crippen molar-refractivity contribution in [3.63, 3.8) is 0 Å². The number of aromatic hydroxyl groups is 4. The summed E-state index contributed by atoms with van der Waals surface area (Å²) in [5.41, 5.74) is 4.68. The number of ether oxygens (including phenoxy) is 1. The minimum Gasteiger partial charge on any atom is -0.506 e. The first-order valence-electron chi connectivity index (χ1n) is 41.3. The zero-order valence-corrected chi connectivity index (χ0v) is 86.3. The van der Waals surface area contributed by atoms with Crippen LogP contribution in [0.2, 0.25) is 35.2 Å². The fourth-order valence-electron chi connectivity index (χ4n) is 13.2. The van der Waals surface area contributed by atoms with Gasteiger partial charge in [0.15, 0.2) is 34.5 Å². The molecule has 31 nitrogen and oxygen atoms in total. The number of phenols is 4. The Labute approximate surface area is 852 Å². The van der Waals surface area contributed by atoms with Crippen molar-refractivity contribution in [2.24, 2.45) is 0 Å². The van der Waals surface area contributed by atoms with Gasteiger partial charge in [0, 0.05) is 51.8 Å². The van der Waals surface area contributed by atoms with E-state index in [-0.39, 0.29) is 149 Å². The van der Waals surface area contributed by atoms with Gasteiger partial charge in [0.05, 0.1) is 125 Å². The van der Waals surface area contributed by atoms with E-state index in [0.29, 0.717) is 25.8 Å². The summed E-state index contributed by atoms with van der Waals surface area (Å²) >= 11 is 49.6. The molecular formula is C95H87Br2Cl7N10O21S4. The van der Waals surface area contributed by atoms with E-state index >= 15 is 0 Å². The summed E-state index contributed by atoms with van der Waals surface area (Å²) in [6, 6.07) is 49.0. The fraction of sp³-hybridized carbons (Fsp3) is 0.179. The van der Waals surface area contributed by atoms with Gasteiger partial charge in [-0.2, -0.15) is 0 Å². The normalized spacial score (nSPS) is 12.1. The van der Waals surface area contributed by atoms with Crippen LogP contribution in [0.25, 0.3) is 0 Å². The molecular weight excluding hydrogens is 2150 g/mol. The van der Waals surface area contributed by atoms with Crippen LogP contribution in [0.5, 0.6) is 28.7 Å². The van der Waals surface area contributed by atoms with Gasteiger partial charge in [0.2, 0.25) is 33.5 Å². The number of phenolic OH excluding ortho intramolecular Hbond substituents is 4. The van der Waals surface area contributed by atoms with Crippen LogP contribution in [-0.4, -0.2) is 139 Å². The van der Waals surface area contributed by atoms with Crippen molar-refractivity contribution in [2.75, 3.05) is 49.6 Å². The predicted molar refractivity (Wildman–Crippen MR) is 547 cm³/mol. The molecule has 0 radical (unpaired) electrons. The SMILES string of the molecule is CCC(C(=O)Nc1cc(O)c(NC(=O)c2cc(C)ccc2Br)cc1Cl)S(=O)(=O)c1ccccc1.CCC(C(=O)Nc1cc(O)c(NC(=O)c2cc(C)ccc2OC)cc1Cl)S(=O)(=O)c1ccccc1.CCC(C(=O)Nc1cc(O)c(NC(=O)c2ccc(C)cc2Br)cc1Cl)S(=O)(=O)c1ccncc1.CCC(C(=O)Nc1cc(O)c(NC(=O)c2ccc(C)cc2Cl)cc1Cl)S(=O)(=O)c1cc(Cl)c(Cl)cn1. The van der Waals surface area contributed by atoms with Crippen LogP contribution in [-0.2, 0) is 58.5 Å². The number of nitrogens with one attached hydrogen (secondary N) is 8. The quantitative estimate of drug-likeness (QED) is 0.0194. The number of aryl methyl sites for hydroxylation is 4. The molecule has 12 N–H and O–H groups in total. The number of sulfone groups is 4. The van der Waals surface area contributed by atoms with Crippen molar-refractivity contribution in [1.82, 2.24) is 9.97 Å². The molecule has 0 bridgehead atoms. The standard InChI is InChI=1S/C25H25ClN2O6S.C24H22BrClN2O5S.C23H21BrClN3O5S.C23H19Cl4N3O5S/c1-4-23(35(32,33)16-8-6-5-7-9-16)25(31)27-19-14-21(29)20(13-18(19)26)28-24(30)17-12-15(2)10-11-22(17)34-3;1-3-22(34(32,33)15-7-5-4-6-8-15)24(31)27-19-13-21(29)20(12-18(19)26)28-23(30)16-11-14(2)9-10-17(16)25;1-3-21(34(32,33)14-6-8-26-9-7-14)23(31)27-18-12-20(29)19(11-17(18)25)28-22(30)15-5-4-13(2)10-16(15)24;1-3-20(36(34,35)21-8-14(25)16(27)10-28-21)23(33)29-17-9-19(31)18(7-15(17)26)30-22(32)12-5-4-11(2)6-13(12)24/h5-14,23,29H,4H2,1-3H3,(H,27,31)(H,28,30);4-13,22,29H,3H2,1-2H3,(H,27,31)(H,28,30);4-12,21,29H,3H2,1-2H3,(H,27,31)(H,28,30);4-10,20,31H,3H2,1-2H3,(H,29,33)(H,30,32). The Bertz CT molecular complexity index is 7220. The molecule has 0 aliphatic rings. The molecule has 12 aromatic rings. The van der Waals surface area contributed by atoms with E-state index in [9.17, 15) is 92.5 Å². The van der Waals surface area contributed by atoms with E-state index in [4.69, 9.17) is 85.9 Å². The molecule has 0 aliphatic carbocycles. The molecule has 4 unspecified atom stereocenters. The van der Waals surface area contributed by atoms with Gasteiger partial charge in [-0.25, -0.2) is 38.7 Å². The first kappa shape index (κ1) is 111. The molecule has 10 aromatic carbocycles. The van der Waals surface area contributed by atoms with Gasteiger partial charge >= 0.3 is 0 Å². The third-order valence-electron chi connectivity index (χ3n) is 20.4. The molecule has 139 heavy (non-hydrogen) atoms. The number of hydrogen-bond acceptors (Lipinski definition) is 23. The van der Waals surface area contributed by atoms with Gasteiger partial charge in [-0.1, -0.05) is 181 Å². The van der Waals surface area contributed by atoms with Crippen LogP contribution in [0.4, 0.5) is 45.5 Å². The summed E-state index contributed by atoms with van der Waals surface area (Å²) in [7, 11) is -14.7. The molecule has 12 rings (SSSR count). The number of carbonyl (C=O) groups is 8. The fourth-order valence-corrected chi connectivity index (χ4v) is 22.2. The highest BCUT2D eigenvalue weighted by molar-refractivity contribution is 9.10. The Hall–Kier alpha value is -12.0. The van der Waals surface area contributed by atoms with Crippen LogP contribution in [0, 0.1) is 27.7 Å². The number of methoxy groups -OCH3 is 1. The number of nitrogens with zero attached hydrogens (tertiary/aromatic N) is 2. The molecule has 730 valence electrons. The number of benzene rings is 10. The minimum atomic E-state index is -4.24. The highest BCUT2D eigenvalue weighted by atomic mass is 79.9. The first-order chi connectivity index (χ1) is 65.5. The average Bonchev–Trinajstić information content (AvgIpc) is 0.799. The lowest BCUT2D eigenvalue weighted by Crippen LogP contribution is -2.35. The number of amides is 8. The van der Waals surface area contributed by atoms with Crippen molar-refractivity contribution < 1.29 is 97.2 Å². The summed E-state index contributed by atoms with van der Waals surface area (Å²) in [5.74, 6) is -6.52. The number of anilines is 8. The van der Waals surface area contributed by atoms with E-state index in [2.05, 4.69) is 84.4 Å². The summed E-state index contributed by atoms with van der Waals surface area (Å²) in [5, 5.41) is 55.9. The molecule has 0 fully saturated rings. The highest BCUT2D eigenvalue weighted by Gasteiger charge is 2.39. The van der Waals surface area contributed by atoms with Crippen LogP contribution < -0.4 is 47.3 Å². The lowest BCUT2D eigenvalue weighted by molar-refractivity contribution is -0.116. The van der Waals surface area contributed by atoms with Crippen LogP contribution in [0.3, 0.4) is 0 Å². The molecule has 0 spiro atoms. The van der Waals surface area contributed by atoms with Gasteiger partial charge in [0.25, 0.3) is 23.6 Å². The molecule has 0 saturated carbocycles. The van der Waals surface area contributed by atoms with Crippen molar-refractivity contribution >= 4 is 245 Å². The topological polar surface area (TPSA) is 485 Å². The third-order valence-corrected chi connectivity index (χ3v) is 32.8. The molecule has 4 atom stereocenters. The Morgan fingerprint density at radius 1 is 0.324 bits per heavy atom. The number of halogens is 9. The van der Waals surface area contributed by atoms with E-state index < -0.39 is 118 Å². The number of rotatable bonds is 29. The molecule has 0 saturated heterocycles. The van der Waals surface area contributed by atoms with Crippen molar-refractivity contribution in [2.45, 2.75) is 122 Å². The van der Waals surface area contributed by atoms with E-state index in [1.54, 1.807) is 118 Å². The zero-order valence-electron chi connectivity index (χ0n) is 74.6. The van der Waals surface area contributed by atoms with Gasteiger partial charge in [-0.3, -0.25) is 43.3 Å².